The van der Waals surface area contributed by atoms with Crippen LogP contribution in [0.2, 0.25) is 0 Å². The second-order valence-corrected chi connectivity index (χ2v) is 6.91. The highest BCUT2D eigenvalue weighted by molar-refractivity contribution is 5.81. The van der Waals surface area contributed by atoms with Gasteiger partial charge < -0.3 is 14.6 Å². The molecule has 0 saturated carbocycles. The molecule has 0 fully saturated rings. The first-order valence-electron chi connectivity index (χ1n) is 6.69. The van der Waals surface area contributed by atoms with E-state index in [4.69, 9.17) is 9.47 Å². The molecule has 116 valence electrons. The predicted molar refractivity (Wildman–Crippen MR) is 78.3 cm³/mol. The molecule has 1 N–H and O–H groups in total. The van der Waals surface area contributed by atoms with Crippen LogP contribution in [0.4, 0.5) is 0 Å². The highest BCUT2D eigenvalue weighted by Crippen LogP contribution is 2.34. The Balaban J connectivity index is 3.06. The molecule has 21 heavy (non-hydrogen) atoms. The third-order valence-corrected chi connectivity index (χ3v) is 2.56. The van der Waals surface area contributed by atoms with Gasteiger partial charge in [0, 0.05) is 6.07 Å². The Kier molecular flexibility index (Phi) is 4.66. The number of phenols is 1. The van der Waals surface area contributed by atoms with E-state index in [0.29, 0.717) is 0 Å². The van der Waals surface area contributed by atoms with Crippen LogP contribution in [0.5, 0.6) is 17.2 Å². The van der Waals surface area contributed by atoms with E-state index in [0.717, 1.165) is 0 Å². The largest absolute Gasteiger partial charge is 0.508 e. The van der Waals surface area contributed by atoms with E-state index in [1.165, 1.54) is 18.2 Å². The van der Waals surface area contributed by atoms with Crippen molar-refractivity contribution in [2.24, 2.45) is 10.8 Å². The molecule has 1 aromatic carbocycles. The molecule has 0 heterocycles. The number of esters is 2. The van der Waals surface area contributed by atoms with E-state index in [2.05, 4.69) is 0 Å². The Hall–Kier alpha value is -2.04. The van der Waals surface area contributed by atoms with Gasteiger partial charge in [0.25, 0.3) is 0 Å². The molecular weight excluding hydrogens is 272 g/mol. The van der Waals surface area contributed by atoms with Crippen LogP contribution in [0.3, 0.4) is 0 Å². The molecule has 0 aliphatic rings. The van der Waals surface area contributed by atoms with Crippen LogP contribution in [-0.2, 0) is 9.59 Å². The minimum atomic E-state index is -0.712. The first-order valence-corrected chi connectivity index (χ1v) is 6.69. The van der Waals surface area contributed by atoms with Crippen molar-refractivity contribution in [3.05, 3.63) is 18.2 Å². The molecule has 0 amide bonds. The van der Waals surface area contributed by atoms with Gasteiger partial charge in [0.15, 0.2) is 11.5 Å². The number of aromatic hydroxyl groups is 1. The Morgan fingerprint density at radius 1 is 0.857 bits per heavy atom. The molecule has 0 aromatic heterocycles. The average molecular weight is 294 g/mol. The fourth-order valence-electron chi connectivity index (χ4n) is 1.17. The third kappa shape index (κ3) is 4.77. The molecule has 0 spiro atoms. The highest BCUT2D eigenvalue weighted by atomic mass is 16.6. The van der Waals surface area contributed by atoms with Gasteiger partial charge in [-0.3, -0.25) is 9.59 Å². The van der Waals surface area contributed by atoms with Crippen molar-refractivity contribution in [2.75, 3.05) is 0 Å². The van der Waals surface area contributed by atoms with Crippen molar-refractivity contribution in [3.8, 4) is 17.2 Å². The predicted octanol–water partition coefficient (Wildman–Crippen LogP) is 3.30. The van der Waals surface area contributed by atoms with E-state index in [9.17, 15) is 14.7 Å². The maximum Gasteiger partial charge on any atom is 0.316 e. The number of hydrogen-bond donors (Lipinski definition) is 1. The second-order valence-electron chi connectivity index (χ2n) is 6.91. The number of benzene rings is 1. The van der Waals surface area contributed by atoms with Crippen molar-refractivity contribution in [1.29, 1.82) is 0 Å². The minimum Gasteiger partial charge on any atom is -0.508 e. The van der Waals surface area contributed by atoms with Gasteiger partial charge in [-0.1, -0.05) is 0 Å². The summed E-state index contributed by atoms with van der Waals surface area (Å²) in [6, 6.07) is 4.00. The topological polar surface area (TPSA) is 72.8 Å². The molecular formula is C16H22O5. The second kappa shape index (κ2) is 5.76. The first-order chi connectivity index (χ1) is 9.41. The summed E-state index contributed by atoms with van der Waals surface area (Å²) in [4.78, 5) is 23.9. The summed E-state index contributed by atoms with van der Waals surface area (Å²) in [5.74, 6) is -0.900. The molecule has 0 aliphatic carbocycles. The Morgan fingerprint density at radius 3 is 1.71 bits per heavy atom. The van der Waals surface area contributed by atoms with Gasteiger partial charge in [-0.15, -0.1) is 0 Å². The normalized spacial score (nSPS) is 11.9. The maximum atomic E-state index is 11.9. The summed E-state index contributed by atoms with van der Waals surface area (Å²) in [5, 5.41) is 9.52. The Bertz CT molecular complexity index is 547. The standard InChI is InChI=1S/C16H22O5/c1-15(2,3)13(18)20-11-8-7-10(17)9-12(11)21-14(19)16(4,5)6/h7-9,17H,1-6H3. The van der Waals surface area contributed by atoms with Gasteiger partial charge >= 0.3 is 11.9 Å². The maximum absolute atomic E-state index is 11.9. The molecule has 5 heteroatoms. The average Bonchev–Trinajstić information content (AvgIpc) is 2.29. The van der Waals surface area contributed by atoms with Crippen LogP contribution in [0.25, 0.3) is 0 Å². The van der Waals surface area contributed by atoms with Gasteiger partial charge in [0.2, 0.25) is 0 Å². The van der Waals surface area contributed by atoms with E-state index >= 15 is 0 Å². The lowest BCUT2D eigenvalue weighted by molar-refractivity contribution is -0.145. The third-order valence-electron chi connectivity index (χ3n) is 2.56. The summed E-state index contributed by atoms with van der Waals surface area (Å²) in [6.45, 7) is 10.3. The van der Waals surface area contributed by atoms with Crippen molar-refractivity contribution in [3.63, 3.8) is 0 Å². The van der Waals surface area contributed by atoms with Crippen LogP contribution in [0.1, 0.15) is 41.5 Å². The number of carbonyl (C=O) groups is 2. The van der Waals surface area contributed by atoms with Gasteiger partial charge in [-0.2, -0.15) is 0 Å². The van der Waals surface area contributed by atoms with Gasteiger partial charge in [-0.05, 0) is 53.7 Å². The number of carbonyl (C=O) groups excluding carboxylic acids is 2. The molecule has 1 aromatic rings. The van der Waals surface area contributed by atoms with E-state index in [1.807, 2.05) is 0 Å². The minimum absolute atomic E-state index is 0.0209. The SMILES string of the molecule is CC(C)(C)C(=O)Oc1ccc(O)cc1OC(=O)C(C)(C)C. The summed E-state index contributed by atoms with van der Waals surface area (Å²) in [7, 11) is 0. The van der Waals surface area contributed by atoms with E-state index in [-0.39, 0.29) is 17.2 Å². The molecule has 0 bridgehead atoms. The monoisotopic (exact) mass is 294 g/mol. The van der Waals surface area contributed by atoms with Crippen LogP contribution in [-0.4, -0.2) is 17.0 Å². The molecule has 5 nitrogen and oxygen atoms in total. The number of ether oxygens (including phenoxy) is 2. The summed E-state index contributed by atoms with van der Waals surface area (Å²) < 4.78 is 10.5. The lowest BCUT2D eigenvalue weighted by Gasteiger charge is -2.20. The zero-order valence-corrected chi connectivity index (χ0v) is 13.3. The number of rotatable bonds is 2. The van der Waals surface area contributed by atoms with Crippen molar-refractivity contribution in [1.82, 2.24) is 0 Å². The van der Waals surface area contributed by atoms with Crippen molar-refractivity contribution < 1.29 is 24.2 Å². The quantitative estimate of drug-likeness (QED) is 0.669. The Morgan fingerprint density at radius 2 is 1.29 bits per heavy atom. The fourth-order valence-corrected chi connectivity index (χ4v) is 1.17. The van der Waals surface area contributed by atoms with Crippen LogP contribution < -0.4 is 9.47 Å². The lowest BCUT2D eigenvalue weighted by atomic mass is 9.97. The van der Waals surface area contributed by atoms with Crippen LogP contribution >= 0.6 is 0 Å². The highest BCUT2D eigenvalue weighted by Gasteiger charge is 2.28. The molecule has 1 rings (SSSR count). The van der Waals surface area contributed by atoms with Gasteiger partial charge in [0.1, 0.15) is 5.75 Å². The zero-order chi connectivity index (χ0) is 16.4. The lowest BCUT2D eigenvalue weighted by Crippen LogP contribution is -2.27. The molecule has 0 radical (unpaired) electrons. The Labute approximate surface area is 124 Å². The van der Waals surface area contributed by atoms with Gasteiger partial charge in [0.05, 0.1) is 10.8 Å². The molecule has 0 unspecified atom stereocenters. The van der Waals surface area contributed by atoms with Crippen molar-refractivity contribution >= 4 is 11.9 Å². The molecule has 0 aliphatic heterocycles. The van der Waals surface area contributed by atoms with E-state index < -0.39 is 22.8 Å². The number of phenolic OH excluding ortho intramolecular Hbond substituents is 1. The van der Waals surface area contributed by atoms with Crippen LogP contribution in [0.15, 0.2) is 18.2 Å². The smallest absolute Gasteiger partial charge is 0.316 e. The summed E-state index contributed by atoms with van der Waals surface area (Å²) in [5.41, 5.74) is -1.40. The molecule has 0 atom stereocenters. The summed E-state index contributed by atoms with van der Waals surface area (Å²) in [6.07, 6.45) is 0. The van der Waals surface area contributed by atoms with E-state index in [1.54, 1.807) is 41.5 Å². The summed E-state index contributed by atoms with van der Waals surface area (Å²) >= 11 is 0. The van der Waals surface area contributed by atoms with Gasteiger partial charge in [-0.25, -0.2) is 0 Å². The molecule has 0 saturated heterocycles. The zero-order valence-electron chi connectivity index (χ0n) is 13.3. The number of hydrogen-bond acceptors (Lipinski definition) is 5. The fraction of sp³-hybridized carbons (Fsp3) is 0.500. The van der Waals surface area contributed by atoms with Crippen molar-refractivity contribution in [2.45, 2.75) is 41.5 Å². The first kappa shape index (κ1) is 17.0. The van der Waals surface area contributed by atoms with Crippen LogP contribution in [0, 0.1) is 10.8 Å².